The van der Waals surface area contributed by atoms with Gasteiger partial charge < -0.3 is 15.0 Å². The molecular formula is C23H28N2O3. The third-order valence-corrected chi connectivity index (χ3v) is 5.28. The van der Waals surface area contributed by atoms with Crippen molar-refractivity contribution in [3.05, 3.63) is 65.2 Å². The van der Waals surface area contributed by atoms with Crippen molar-refractivity contribution in [1.82, 2.24) is 10.2 Å². The summed E-state index contributed by atoms with van der Waals surface area (Å²) in [7, 11) is 0. The average Bonchev–Trinajstić information content (AvgIpc) is 2.72. The van der Waals surface area contributed by atoms with E-state index >= 15 is 0 Å². The number of rotatable bonds is 6. The number of carbonyl (C=O) groups is 2. The Bertz CT molecular complexity index is 812. The van der Waals surface area contributed by atoms with E-state index in [0.29, 0.717) is 38.2 Å². The number of nitrogens with zero attached hydrogens (tertiary/aromatic N) is 1. The molecule has 1 saturated heterocycles. The molecular weight excluding hydrogens is 352 g/mol. The molecule has 0 unspecified atom stereocenters. The maximum Gasteiger partial charge on any atom is 0.260 e. The largest absolute Gasteiger partial charge is 0.484 e. The topological polar surface area (TPSA) is 58.6 Å². The predicted molar refractivity (Wildman–Crippen MR) is 109 cm³/mol. The van der Waals surface area contributed by atoms with Gasteiger partial charge in [0.1, 0.15) is 5.75 Å². The molecule has 1 aliphatic heterocycles. The monoisotopic (exact) mass is 380 g/mol. The van der Waals surface area contributed by atoms with Crippen LogP contribution in [0.1, 0.15) is 29.5 Å². The zero-order valence-electron chi connectivity index (χ0n) is 16.6. The first kappa shape index (κ1) is 19.9. The zero-order chi connectivity index (χ0) is 19.9. The molecule has 0 aromatic heterocycles. The molecule has 1 fully saturated rings. The van der Waals surface area contributed by atoms with Crippen molar-refractivity contribution < 1.29 is 14.3 Å². The summed E-state index contributed by atoms with van der Waals surface area (Å²) in [6.07, 6.45) is 1.38. The van der Waals surface area contributed by atoms with Gasteiger partial charge in [-0.1, -0.05) is 42.0 Å². The summed E-state index contributed by atoms with van der Waals surface area (Å²) in [5.41, 5.74) is 3.56. The molecule has 0 atom stereocenters. The summed E-state index contributed by atoms with van der Waals surface area (Å²) < 4.78 is 5.53. The smallest absolute Gasteiger partial charge is 0.260 e. The average molecular weight is 380 g/mol. The van der Waals surface area contributed by atoms with Crippen LogP contribution in [-0.2, 0) is 16.1 Å². The highest BCUT2D eigenvalue weighted by atomic mass is 16.5. The summed E-state index contributed by atoms with van der Waals surface area (Å²) >= 11 is 0. The van der Waals surface area contributed by atoms with E-state index in [1.54, 1.807) is 4.90 Å². The highest BCUT2D eigenvalue weighted by Crippen LogP contribution is 2.19. The number of para-hydroxylation sites is 1. The first-order valence-electron chi connectivity index (χ1n) is 9.82. The molecule has 2 aromatic rings. The number of nitrogens with one attached hydrogen (secondary N) is 1. The SMILES string of the molecule is Cc1ccc(CNC(=O)C2CCN(C(=O)COc3ccccc3)CC2)c(C)c1. The van der Waals surface area contributed by atoms with Gasteiger partial charge in [0.2, 0.25) is 5.91 Å². The van der Waals surface area contributed by atoms with Gasteiger partial charge in [0.05, 0.1) is 0 Å². The highest BCUT2D eigenvalue weighted by Gasteiger charge is 2.27. The van der Waals surface area contributed by atoms with Gasteiger partial charge in [0, 0.05) is 25.6 Å². The molecule has 0 spiro atoms. The number of benzene rings is 2. The van der Waals surface area contributed by atoms with E-state index in [-0.39, 0.29) is 24.3 Å². The van der Waals surface area contributed by atoms with Crippen LogP contribution in [0.5, 0.6) is 5.75 Å². The number of hydrogen-bond donors (Lipinski definition) is 1. The lowest BCUT2D eigenvalue weighted by Gasteiger charge is -2.31. The minimum Gasteiger partial charge on any atom is -0.484 e. The normalized spacial score (nSPS) is 14.6. The molecule has 3 rings (SSSR count). The van der Waals surface area contributed by atoms with E-state index in [9.17, 15) is 9.59 Å². The van der Waals surface area contributed by atoms with Crippen molar-refractivity contribution in [2.45, 2.75) is 33.2 Å². The van der Waals surface area contributed by atoms with Crippen molar-refractivity contribution >= 4 is 11.8 Å². The number of amides is 2. The van der Waals surface area contributed by atoms with Crippen LogP contribution in [0.3, 0.4) is 0 Å². The van der Waals surface area contributed by atoms with Gasteiger partial charge in [-0.2, -0.15) is 0 Å². The maximum absolute atomic E-state index is 12.5. The van der Waals surface area contributed by atoms with E-state index in [2.05, 4.69) is 37.4 Å². The third-order valence-electron chi connectivity index (χ3n) is 5.28. The van der Waals surface area contributed by atoms with Crippen LogP contribution in [0.2, 0.25) is 0 Å². The van der Waals surface area contributed by atoms with E-state index in [0.717, 1.165) is 5.56 Å². The molecule has 2 amide bonds. The summed E-state index contributed by atoms with van der Waals surface area (Å²) in [6.45, 7) is 5.91. The van der Waals surface area contributed by atoms with Crippen LogP contribution >= 0.6 is 0 Å². The van der Waals surface area contributed by atoms with Crippen LogP contribution in [0.25, 0.3) is 0 Å². The zero-order valence-corrected chi connectivity index (χ0v) is 16.6. The first-order chi connectivity index (χ1) is 13.5. The molecule has 0 radical (unpaired) electrons. The highest BCUT2D eigenvalue weighted by molar-refractivity contribution is 5.80. The fourth-order valence-corrected chi connectivity index (χ4v) is 3.51. The molecule has 1 aliphatic rings. The van der Waals surface area contributed by atoms with Crippen molar-refractivity contribution in [3.63, 3.8) is 0 Å². The molecule has 1 N–H and O–H groups in total. The lowest BCUT2D eigenvalue weighted by Crippen LogP contribution is -2.44. The summed E-state index contributed by atoms with van der Waals surface area (Å²) in [6, 6.07) is 15.6. The van der Waals surface area contributed by atoms with Gasteiger partial charge in [-0.3, -0.25) is 9.59 Å². The second kappa shape index (κ2) is 9.40. The van der Waals surface area contributed by atoms with Crippen molar-refractivity contribution in [2.75, 3.05) is 19.7 Å². The number of carbonyl (C=O) groups excluding carboxylic acids is 2. The molecule has 0 saturated carbocycles. The standard InChI is InChI=1S/C23H28N2O3/c1-17-8-9-20(18(2)14-17)15-24-23(27)19-10-12-25(13-11-19)22(26)16-28-21-6-4-3-5-7-21/h3-9,14,19H,10-13,15-16H2,1-2H3,(H,24,27). The van der Waals surface area contributed by atoms with Crippen LogP contribution < -0.4 is 10.1 Å². The summed E-state index contributed by atoms with van der Waals surface area (Å²) in [5.74, 6) is 0.701. The lowest BCUT2D eigenvalue weighted by atomic mass is 9.95. The Labute approximate surface area is 166 Å². The van der Waals surface area contributed by atoms with E-state index in [1.807, 2.05) is 30.3 Å². The van der Waals surface area contributed by atoms with Crippen LogP contribution in [0, 0.1) is 19.8 Å². The molecule has 5 nitrogen and oxygen atoms in total. The number of likely N-dealkylation sites (tertiary alicyclic amines) is 1. The summed E-state index contributed by atoms with van der Waals surface area (Å²) in [5, 5.41) is 3.05. The number of ether oxygens (including phenoxy) is 1. The quantitative estimate of drug-likeness (QED) is 0.837. The second-order valence-corrected chi connectivity index (χ2v) is 7.40. The Morgan fingerprint density at radius 2 is 1.79 bits per heavy atom. The van der Waals surface area contributed by atoms with Crippen LogP contribution in [0.15, 0.2) is 48.5 Å². The Kier molecular flexibility index (Phi) is 6.69. The fourth-order valence-electron chi connectivity index (χ4n) is 3.51. The van der Waals surface area contributed by atoms with Gasteiger partial charge in [-0.25, -0.2) is 0 Å². The molecule has 2 aromatic carbocycles. The predicted octanol–water partition coefficient (Wildman–Crippen LogP) is 3.24. The van der Waals surface area contributed by atoms with Gasteiger partial charge in [0.25, 0.3) is 5.91 Å². The van der Waals surface area contributed by atoms with Gasteiger partial charge in [-0.05, 0) is 49.9 Å². The van der Waals surface area contributed by atoms with Crippen LogP contribution in [0.4, 0.5) is 0 Å². The first-order valence-corrected chi connectivity index (χ1v) is 9.82. The van der Waals surface area contributed by atoms with Crippen LogP contribution in [-0.4, -0.2) is 36.4 Å². The Morgan fingerprint density at radius 3 is 2.46 bits per heavy atom. The minimum absolute atomic E-state index is 0.0296. The molecule has 28 heavy (non-hydrogen) atoms. The van der Waals surface area contributed by atoms with Crippen molar-refractivity contribution in [3.8, 4) is 5.75 Å². The van der Waals surface area contributed by atoms with Gasteiger partial charge in [-0.15, -0.1) is 0 Å². The Balaban J connectivity index is 1.41. The molecule has 0 bridgehead atoms. The number of piperidine rings is 1. The van der Waals surface area contributed by atoms with Gasteiger partial charge in [0.15, 0.2) is 6.61 Å². The van der Waals surface area contributed by atoms with E-state index < -0.39 is 0 Å². The number of hydrogen-bond acceptors (Lipinski definition) is 3. The molecule has 0 aliphatic carbocycles. The fraction of sp³-hybridized carbons (Fsp3) is 0.391. The summed E-state index contributed by atoms with van der Waals surface area (Å²) in [4.78, 5) is 26.6. The van der Waals surface area contributed by atoms with E-state index in [1.165, 1.54) is 11.1 Å². The molecule has 5 heteroatoms. The molecule has 1 heterocycles. The third kappa shape index (κ3) is 5.35. The molecule has 148 valence electrons. The van der Waals surface area contributed by atoms with Crippen molar-refractivity contribution in [2.24, 2.45) is 5.92 Å². The second-order valence-electron chi connectivity index (χ2n) is 7.40. The minimum atomic E-state index is -0.0372. The number of aryl methyl sites for hydroxylation is 2. The Morgan fingerprint density at radius 1 is 1.07 bits per heavy atom. The van der Waals surface area contributed by atoms with Gasteiger partial charge >= 0.3 is 0 Å². The Hall–Kier alpha value is -2.82. The maximum atomic E-state index is 12.5. The lowest BCUT2D eigenvalue weighted by molar-refractivity contribution is -0.137. The van der Waals surface area contributed by atoms with Crippen molar-refractivity contribution in [1.29, 1.82) is 0 Å². The van der Waals surface area contributed by atoms with E-state index in [4.69, 9.17) is 4.74 Å².